The van der Waals surface area contributed by atoms with E-state index in [-0.39, 0.29) is 24.2 Å². The number of benzene rings is 2. The van der Waals surface area contributed by atoms with Crippen molar-refractivity contribution in [3.8, 4) is 5.75 Å². The van der Waals surface area contributed by atoms with Gasteiger partial charge in [-0.1, -0.05) is 30.3 Å². The third-order valence-corrected chi connectivity index (χ3v) is 7.75. The van der Waals surface area contributed by atoms with Gasteiger partial charge in [0.2, 0.25) is 0 Å². The number of nitro groups is 1. The second-order valence-electron chi connectivity index (χ2n) is 6.43. The van der Waals surface area contributed by atoms with Gasteiger partial charge >= 0.3 is 0 Å². The third kappa shape index (κ3) is 4.80. The average Bonchev–Trinajstić information content (AvgIpc) is 3.26. The zero-order chi connectivity index (χ0) is 20.1. The van der Waals surface area contributed by atoms with Crippen LogP contribution in [0.4, 0.5) is 5.69 Å². The lowest BCUT2D eigenvalue weighted by atomic mass is 10.1. The minimum Gasteiger partial charge on any atom is -0.483 e. The summed E-state index contributed by atoms with van der Waals surface area (Å²) in [6.45, 7) is 1.77. The van der Waals surface area contributed by atoms with Crippen LogP contribution in [-0.2, 0) is 4.79 Å². The first-order valence-corrected chi connectivity index (χ1v) is 11.0. The first kappa shape index (κ1) is 20.5. The largest absolute Gasteiger partial charge is 0.483 e. The maximum atomic E-state index is 12.6. The summed E-state index contributed by atoms with van der Waals surface area (Å²) in [5.74, 6) is 2.79. The van der Waals surface area contributed by atoms with Crippen LogP contribution in [-0.4, -0.2) is 40.9 Å². The molecule has 1 fully saturated rings. The van der Waals surface area contributed by atoms with Gasteiger partial charge in [0.1, 0.15) is 5.75 Å². The van der Waals surface area contributed by atoms with Gasteiger partial charge in [0.15, 0.2) is 6.61 Å². The number of rotatable bonds is 7. The van der Waals surface area contributed by atoms with Crippen LogP contribution in [0.5, 0.6) is 5.75 Å². The van der Waals surface area contributed by atoms with Crippen LogP contribution in [0, 0.1) is 10.1 Å². The van der Waals surface area contributed by atoms with Crippen molar-refractivity contribution in [3.63, 3.8) is 0 Å². The van der Waals surface area contributed by atoms with E-state index in [2.05, 4.69) is 0 Å². The molecule has 0 bridgehead atoms. The summed E-state index contributed by atoms with van der Waals surface area (Å²) < 4.78 is 6.19. The molecule has 0 saturated carbocycles. The number of thioether (sulfide) groups is 2. The molecule has 2 aromatic carbocycles. The number of non-ortho nitro benzene ring substituents is 1. The molecule has 1 saturated heterocycles. The van der Waals surface area contributed by atoms with Crippen molar-refractivity contribution in [2.75, 3.05) is 25.2 Å². The van der Waals surface area contributed by atoms with E-state index in [1.165, 1.54) is 12.1 Å². The van der Waals surface area contributed by atoms with Gasteiger partial charge < -0.3 is 9.64 Å². The number of likely N-dealkylation sites (N-methyl/N-ethyl adjacent to an activating group) is 1. The first-order valence-electron chi connectivity index (χ1n) is 8.92. The van der Waals surface area contributed by atoms with E-state index < -0.39 is 4.92 Å². The topological polar surface area (TPSA) is 72.7 Å². The zero-order valence-electron chi connectivity index (χ0n) is 15.7. The Bertz CT molecular complexity index is 856. The number of amides is 1. The third-order valence-electron chi connectivity index (χ3n) is 4.68. The minimum atomic E-state index is -0.433. The standard InChI is InChI=1S/C20H22N2O4S2/c1-14(15-6-5-7-16(12-15)22(24)25)21(2)19(23)13-26-18-9-4-3-8-17(18)20-27-10-11-28-20/h3-9,12,14,20H,10-11,13H2,1-2H3/t14-/m0/s1. The molecule has 3 rings (SSSR count). The summed E-state index contributed by atoms with van der Waals surface area (Å²) >= 11 is 3.78. The van der Waals surface area contributed by atoms with E-state index in [0.29, 0.717) is 10.1 Å². The predicted octanol–water partition coefficient (Wildman–Crippen LogP) is 4.67. The number of hydrogen-bond acceptors (Lipinski definition) is 6. The lowest BCUT2D eigenvalue weighted by Crippen LogP contribution is -2.33. The van der Waals surface area contributed by atoms with Crippen LogP contribution >= 0.6 is 23.5 Å². The fourth-order valence-electron chi connectivity index (χ4n) is 2.92. The van der Waals surface area contributed by atoms with Crippen LogP contribution < -0.4 is 4.74 Å². The van der Waals surface area contributed by atoms with Crippen LogP contribution in [0.25, 0.3) is 0 Å². The predicted molar refractivity (Wildman–Crippen MR) is 114 cm³/mol. The Balaban J connectivity index is 1.65. The van der Waals surface area contributed by atoms with E-state index in [1.807, 2.05) is 54.7 Å². The average molecular weight is 419 g/mol. The Morgan fingerprint density at radius 1 is 1.25 bits per heavy atom. The quantitative estimate of drug-likeness (QED) is 0.480. The first-order chi connectivity index (χ1) is 13.5. The molecule has 148 valence electrons. The molecule has 1 aliphatic heterocycles. The maximum Gasteiger partial charge on any atom is 0.269 e. The van der Waals surface area contributed by atoms with Crippen molar-refractivity contribution in [1.29, 1.82) is 0 Å². The molecule has 28 heavy (non-hydrogen) atoms. The van der Waals surface area contributed by atoms with Crippen molar-refractivity contribution in [3.05, 3.63) is 69.8 Å². The number of carbonyl (C=O) groups excluding carboxylic acids is 1. The second-order valence-corrected chi connectivity index (χ2v) is 9.16. The lowest BCUT2D eigenvalue weighted by molar-refractivity contribution is -0.384. The van der Waals surface area contributed by atoms with Crippen molar-refractivity contribution < 1.29 is 14.5 Å². The summed E-state index contributed by atoms with van der Waals surface area (Å²) in [5, 5.41) is 11.0. The molecular formula is C20H22N2O4S2. The Hall–Kier alpha value is -2.19. The summed E-state index contributed by atoms with van der Waals surface area (Å²) in [5.41, 5.74) is 1.84. The van der Waals surface area contributed by atoms with E-state index in [0.717, 1.165) is 22.8 Å². The van der Waals surface area contributed by atoms with E-state index in [1.54, 1.807) is 24.1 Å². The fourth-order valence-corrected chi connectivity index (χ4v) is 5.83. The number of nitro benzene ring substituents is 1. The molecule has 0 aliphatic carbocycles. The molecule has 1 amide bonds. The van der Waals surface area contributed by atoms with Crippen LogP contribution in [0.2, 0.25) is 0 Å². The Kier molecular flexibility index (Phi) is 6.85. The van der Waals surface area contributed by atoms with E-state index >= 15 is 0 Å². The maximum absolute atomic E-state index is 12.6. The molecule has 8 heteroatoms. The molecule has 0 aromatic heterocycles. The van der Waals surface area contributed by atoms with E-state index in [9.17, 15) is 14.9 Å². The highest BCUT2D eigenvalue weighted by atomic mass is 32.2. The summed E-state index contributed by atoms with van der Waals surface area (Å²) in [7, 11) is 1.68. The van der Waals surface area contributed by atoms with Gasteiger partial charge in [0, 0.05) is 36.2 Å². The Labute approximate surface area is 172 Å². The number of para-hydroxylation sites is 1. The molecule has 0 unspecified atom stereocenters. The van der Waals surface area contributed by atoms with Crippen molar-refractivity contribution in [2.45, 2.75) is 17.5 Å². The normalized spacial score (nSPS) is 15.2. The van der Waals surface area contributed by atoms with Crippen molar-refractivity contribution in [1.82, 2.24) is 4.90 Å². The van der Waals surface area contributed by atoms with Gasteiger partial charge in [0.25, 0.3) is 11.6 Å². The zero-order valence-corrected chi connectivity index (χ0v) is 17.4. The molecule has 0 N–H and O–H groups in total. The highest BCUT2D eigenvalue weighted by Gasteiger charge is 2.23. The lowest BCUT2D eigenvalue weighted by Gasteiger charge is -2.25. The molecule has 2 aromatic rings. The molecule has 0 radical (unpaired) electrons. The van der Waals surface area contributed by atoms with Crippen molar-refractivity contribution in [2.24, 2.45) is 0 Å². The SMILES string of the molecule is C[C@@H](c1cccc([N+](=O)[O-])c1)N(C)C(=O)COc1ccccc1C1SCCS1. The molecule has 1 heterocycles. The molecular weight excluding hydrogens is 396 g/mol. The summed E-state index contributed by atoms with van der Waals surface area (Å²) in [6, 6.07) is 13.9. The molecule has 0 spiro atoms. The Morgan fingerprint density at radius 3 is 2.68 bits per heavy atom. The monoisotopic (exact) mass is 418 g/mol. The minimum absolute atomic E-state index is 0.0157. The van der Waals surface area contributed by atoms with Crippen LogP contribution in [0.1, 0.15) is 28.7 Å². The van der Waals surface area contributed by atoms with E-state index in [4.69, 9.17) is 4.74 Å². The fraction of sp³-hybridized carbons (Fsp3) is 0.350. The van der Waals surface area contributed by atoms with Gasteiger partial charge in [-0.2, -0.15) is 0 Å². The summed E-state index contributed by atoms with van der Waals surface area (Å²) in [4.78, 5) is 24.7. The van der Waals surface area contributed by atoms with Gasteiger partial charge in [-0.3, -0.25) is 14.9 Å². The number of hydrogen-bond donors (Lipinski definition) is 0. The molecule has 1 aliphatic rings. The van der Waals surface area contributed by atoms with Crippen LogP contribution in [0.3, 0.4) is 0 Å². The smallest absolute Gasteiger partial charge is 0.269 e. The highest BCUT2D eigenvalue weighted by Crippen LogP contribution is 2.48. The van der Waals surface area contributed by atoms with Gasteiger partial charge in [0.05, 0.1) is 15.5 Å². The number of nitrogens with zero attached hydrogens (tertiary/aromatic N) is 2. The van der Waals surface area contributed by atoms with Crippen LogP contribution in [0.15, 0.2) is 48.5 Å². The molecule has 1 atom stereocenters. The van der Waals surface area contributed by atoms with Gasteiger partial charge in [-0.05, 0) is 18.6 Å². The van der Waals surface area contributed by atoms with Gasteiger partial charge in [-0.25, -0.2) is 0 Å². The second kappa shape index (κ2) is 9.34. The van der Waals surface area contributed by atoms with Crippen molar-refractivity contribution >= 4 is 35.1 Å². The number of carbonyl (C=O) groups is 1. The van der Waals surface area contributed by atoms with Gasteiger partial charge in [-0.15, -0.1) is 23.5 Å². The Morgan fingerprint density at radius 2 is 1.96 bits per heavy atom. The number of ether oxygens (including phenoxy) is 1. The highest BCUT2D eigenvalue weighted by molar-refractivity contribution is 8.19. The molecule has 6 nitrogen and oxygen atoms in total. The summed E-state index contributed by atoms with van der Waals surface area (Å²) in [6.07, 6.45) is 0.